The van der Waals surface area contributed by atoms with Crippen LogP contribution in [0.1, 0.15) is 38.5 Å². The molecule has 18 heavy (non-hydrogen) atoms. The van der Waals surface area contributed by atoms with E-state index in [1.165, 1.54) is 25.8 Å². The zero-order chi connectivity index (χ0) is 13.0. The van der Waals surface area contributed by atoms with E-state index in [0.717, 1.165) is 32.4 Å². The third kappa shape index (κ3) is 3.45. The van der Waals surface area contributed by atoms with Gasteiger partial charge in [0.2, 0.25) is 0 Å². The SMILES string of the molecule is CN(CC[C@@H]1CCCCN1C)C(=O)[C@@H]1CCCO1. The van der Waals surface area contributed by atoms with Crippen LogP contribution in [0.15, 0.2) is 0 Å². The Kier molecular flexibility index (Phi) is 5.01. The van der Waals surface area contributed by atoms with Gasteiger partial charge in [-0.3, -0.25) is 4.79 Å². The van der Waals surface area contributed by atoms with Crippen LogP contribution < -0.4 is 0 Å². The first-order valence-electron chi connectivity index (χ1n) is 7.25. The van der Waals surface area contributed by atoms with Crippen LogP contribution in [0.4, 0.5) is 0 Å². The largest absolute Gasteiger partial charge is 0.368 e. The van der Waals surface area contributed by atoms with Gasteiger partial charge < -0.3 is 14.5 Å². The molecule has 0 aliphatic carbocycles. The molecule has 1 amide bonds. The fraction of sp³-hybridized carbons (Fsp3) is 0.929. The summed E-state index contributed by atoms with van der Waals surface area (Å²) >= 11 is 0. The molecular weight excluding hydrogens is 228 g/mol. The number of carbonyl (C=O) groups excluding carboxylic acids is 1. The number of piperidine rings is 1. The fourth-order valence-corrected chi connectivity index (χ4v) is 2.98. The molecule has 0 aromatic rings. The van der Waals surface area contributed by atoms with Gasteiger partial charge in [0, 0.05) is 26.2 Å². The first-order chi connectivity index (χ1) is 8.68. The van der Waals surface area contributed by atoms with Crippen LogP contribution in [0.2, 0.25) is 0 Å². The summed E-state index contributed by atoms with van der Waals surface area (Å²) in [5.74, 6) is 0.172. The van der Waals surface area contributed by atoms with Crippen molar-refractivity contribution in [1.29, 1.82) is 0 Å². The predicted molar refractivity (Wildman–Crippen MR) is 71.5 cm³/mol. The minimum absolute atomic E-state index is 0.168. The van der Waals surface area contributed by atoms with Crippen LogP contribution in [0.25, 0.3) is 0 Å². The van der Waals surface area contributed by atoms with Gasteiger partial charge in [-0.25, -0.2) is 0 Å². The summed E-state index contributed by atoms with van der Waals surface area (Å²) in [5, 5.41) is 0. The molecule has 2 aliphatic heterocycles. The Labute approximate surface area is 110 Å². The van der Waals surface area contributed by atoms with Gasteiger partial charge in [0.25, 0.3) is 5.91 Å². The summed E-state index contributed by atoms with van der Waals surface area (Å²) in [6.07, 6.45) is 6.77. The van der Waals surface area contributed by atoms with Gasteiger partial charge in [-0.2, -0.15) is 0 Å². The molecule has 0 aromatic carbocycles. The van der Waals surface area contributed by atoms with Crippen LogP contribution in [0, 0.1) is 0 Å². The Morgan fingerprint density at radius 1 is 1.33 bits per heavy atom. The Morgan fingerprint density at radius 3 is 2.83 bits per heavy atom. The summed E-state index contributed by atoms with van der Waals surface area (Å²) in [4.78, 5) is 16.4. The average molecular weight is 254 g/mol. The highest BCUT2D eigenvalue weighted by Crippen LogP contribution is 2.19. The number of ether oxygens (including phenoxy) is 1. The van der Waals surface area contributed by atoms with E-state index in [0.29, 0.717) is 6.04 Å². The molecule has 4 nitrogen and oxygen atoms in total. The molecule has 2 atom stereocenters. The minimum Gasteiger partial charge on any atom is -0.368 e. The van der Waals surface area contributed by atoms with Crippen LogP contribution in [-0.2, 0) is 9.53 Å². The Balaban J connectivity index is 1.73. The maximum Gasteiger partial charge on any atom is 0.251 e. The van der Waals surface area contributed by atoms with Crippen molar-refractivity contribution in [2.45, 2.75) is 50.7 Å². The molecule has 0 N–H and O–H groups in total. The van der Waals surface area contributed by atoms with E-state index in [9.17, 15) is 4.79 Å². The highest BCUT2D eigenvalue weighted by molar-refractivity contribution is 5.80. The van der Waals surface area contributed by atoms with Crippen molar-refractivity contribution >= 4 is 5.91 Å². The number of rotatable bonds is 4. The zero-order valence-corrected chi connectivity index (χ0v) is 11.7. The van der Waals surface area contributed by atoms with E-state index in [2.05, 4.69) is 11.9 Å². The molecule has 2 rings (SSSR count). The van der Waals surface area contributed by atoms with Gasteiger partial charge >= 0.3 is 0 Å². The maximum atomic E-state index is 12.1. The molecule has 2 saturated heterocycles. The Morgan fingerprint density at radius 2 is 2.17 bits per heavy atom. The number of hydrogen-bond acceptors (Lipinski definition) is 3. The van der Waals surface area contributed by atoms with Crippen molar-refractivity contribution in [1.82, 2.24) is 9.80 Å². The van der Waals surface area contributed by atoms with Gasteiger partial charge in [-0.1, -0.05) is 6.42 Å². The second-order valence-corrected chi connectivity index (χ2v) is 5.68. The van der Waals surface area contributed by atoms with Gasteiger partial charge in [-0.05, 0) is 45.7 Å². The minimum atomic E-state index is -0.168. The Bertz CT molecular complexity index is 277. The second-order valence-electron chi connectivity index (χ2n) is 5.68. The molecular formula is C14H26N2O2. The maximum absolute atomic E-state index is 12.1. The molecule has 0 saturated carbocycles. The monoisotopic (exact) mass is 254 g/mol. The molecule has 4 heteroatoms. The van der Waals surface area contributed by atoms with E-state index < -0.39 is 0 Å². The van der Waals surface area contributed by atoms with Crippen LogP contribution in [0.5, 0.6) is 0 Å². The van der Waals surface area contributed by atoms with Crippen molar-refractivity contribution in [2.75, 3.05) is 33.8 Å². The molecule has 2 fully saturated rings. The van der Waals surface area contributed by atoms with Crippen molar-refractivity contribution in [3.8, 4) is 0 Å². The lowest BCUT2D eigenvalue weighted by atomic mass is 10.00. The third-order valence-corrected chi connectivity index (χ3v) is 4.30. The number of likely N-dealkylation sites (N-methyl/N-ethyl adjacent to an activating group) is 1. The van der Waals surface area contributed by atoms with E-state index in [-0.39, 0.29) is 12.0 Å². The first kappa shape index (κ1) is 13.8. The highest BCUT2D eigenvalue weighted by Gasteiger charge is 2.27. The van der Waals surface area contributed by atoms with Crippen molar-refractivity contribution in [3.05, 3.63) is 0 Å². The van der Waals surface area contributed by atoms with E-state index in [4.69, 9.17) is 4.74 Å². The zero-order valence-electron chi connectivity index (χ0n) is 11.7. The quantitative estimate of drug-likeness (QED) is 0.762. The lowest BCUT2D eigenvalue weighted by molar-refractivity contribution is -0.139. The predicted octanol–water partition coefficient (Wildman–Crippen LogP) is 1.50. The van der Waals surface area contributed by atoms with Gasteiger partial charge in [0.15, 0.2) is 0 Å². The topological polar surface area (TPSA) is 32.8 Å². The number of amides is 1. The smallest absolute Gasteiger partial charge is 0.251 e. The van der Waals surface area contributed by atoms with Crippen LogP contribution in [0.3, 0.4) is 0 Å². The summed E-state index contributed by atoms with van der Waals surface area (Å²) in [6.45, 7) is 2.80. The van der Waals surface area contributed by atoms with Gasteiger partial charge in [0.1, 0.15) is 6.10 Å². The Hall–Kier alpha value is -0.610. The van der Waals surface area contributed by atoms with Crippen molar-refractivity contribution in [3.63, 3.8) is 0 Å². The molecule has 104 valence electrons. The summed E-state index contributed by atoms with van der Waals surface area (Å²) < 4.78 is 5.45. The normalized spacial score (nSPS) is 29.4. The molecule has 2 heterocycles. The molecule has 2 aliphatic rings. The second kappa shape index (κ2) is 6.53. The fourth-order valence-electron chi connectivity index (χ4n) is 2.98. The first-order valence-corrected chi connectivity index (χ1v) is 7.25. The standard InChI is InChI=1S/C14H26N2O2/c1-15-9-4-3-6-12(15)8-10-16(2)14(17)13-7-5-11-18-13/h12-13H,3-11H2,1-2H3/t12-,13-/m0/s1. The number of likely N-dealkylation sites (tertiary alicyclic amines) is 1. The number of carbonyl (C=O) groups is 1. The van der Waals surface area contributed by atoms with Crippen molar-refractivity contribution < 1.29 is 9.53 Å². The van der Waals surface area contributed by atoms with Crippen molar-refractivity contribution in [2.24, 2.45) is 0 Å². The van der Waals surface area contributed by atoms with Crippen LogP contribution >= 0.6 is 0 Å². The van der Waals surface area contributed by atoms with Gasteiger partial charge in [-0.15, -0.1) is 0 Å². The van der Waals surface area contributed by atoms with E-state index >= 15 is 0 Å². The summed E-state index contributed by atoms with van der Waals surface area (Å²) in [6, 6.07) is 0.651. The summed E-state index contributed by atoms with van der Waals surface area (Å²) in [5.41, 5.74) is 0. The van der Waals surface area contributed by atoms with E-state index in [1.54, 1.807) is 0 Å². The molecule has 0 bridgehead atoms. The van der Waals surface area contributed by atoms with Gasteiger partial charge in [0.05, 0.1) is 0 Å². The lowest BCUT2D eigenvalue weighted by Crippen LogP contribution is -2.41. The molecule has 0 spiro atoms. The molecule has 0 radical (unpaired) electrons. The average Bonchev–Trinajstić information content (AvgIpc) is 2.90. The van der Waals surface area contributed by atoms with E-state index in [1.807, 2.05) is 11.9 Å². The summed E-state index contributed by atoms with van der Waals surface area (Å²) in [7, 11) is 4.11. The number of hydrogen-bond donors (Lipinski definition) is 0. The molecule has 0 aromatic heterocycles. The highest BCUT2D eigenvalue weighted by atomic mass is 16.5. The third-order valence-electron chi connectivity index (χ3n) is 4.30. The van der Waals surface area contributed by atoms with Crippen LogP contribution in [-0.4, -0.2) is 61.6 Å². The molecule has 0 unspecified atom stereocenters. The number of nitrogens with zero attached hydrogens (tertiary/aromatic N) is 2. The lowest BCUT2D eigenvalue weighted by Gasteiger charge is -2.33.